The average molecular weight is 286 g/mol. The van der Waals surface area contributed by atoms with Crippen LogP contribution < -0.4 is 15.2 Å². The molecule has 2 aromatic carbocycles. The van der Waals surface area contributed by atoms with Gasteiger partial charge in [0.05, 0.1) is 11.0 Å². The monoisotopic (exact) mass is 286 g/mol. The van der Waals surface area contributed by atoms with Crippen molar-refractivity contribution in [1.29, 1.82) is 0 Å². The normalized spacial score (nSPS) is 16.1. The second-order valence-electron chi connectivity index (χ2n) is 4.83. The number of benzene rings is 2. The lowest BCUT2D eigenvalue weighted by Gasteiger charge is -2.08. The van der Waals surface area contributed by atoms with Crippen LogP contribution in [0.2, 0.25) is 0 Å². The molecule has 2 aromatic rings. The Balaban J connectivity index is 1.66. The number of ether oxygens (including phenoxy) is 2. The molecule has 0 aliphatic carbocycles. The van der Waals surface area contributed by atoms with E-state index in [4.69, 9.17) is 15.2 Å². The van der Waals surface area contributed by atoms with Crippen LogP contribution in [0.5, 0.6) is 11.5 Å². The predicted molar refractivity (Wildman–Crippen MR) is 76.3 cm³/mol. The summed E-state index contributed by atoms with van der Waals surface area (Å²) in [6.07, 6.45) is 0. The summed E-state index contributed by atoms with van der Waals surface area (Å²) in [6.45, 7) is 0.823. The summed E-state index contributed by atoms with van der Waals surface area (Å²) in [7, 11) is 0. The van der Waals surface area contributed by atoms with Crippen LogP contribution in [-0.2, 0) is 6.61 Å². The lowest BCUT2D eigenvalue weighted by molar-refractivity contribution is -0.384. The number of nitrogens with zero attached hydrogens (tertiary/aromatic N) is 1. The Kier molecular flexibility index (Phi) is 3.45. The fourth-order valence-corrected chi connectivity index (χ4v) is 2.19. The van der Waals surface area contributed by atoms with Crippen LogP contribution in [0.15, 0.2) is 42.5 Å². The molecule has 1 unspecified atom stereocenters. The molecule has 3 rings (SSSR count). The van der Waals surface area contributed by atoms with Gasteiger partial charge in [0, 0.05) is 23.8 Å². The van der Waals surface area contributed by atoms with E-state index in [1.54, 1.807) is 12.1 Å². The van der Waals surface area contributed by atoms with Crippen molar-refractivity contribution >= 4 is 5.69 Å². The topological polar surface area (TPSA) is 87.6 Å². The minimum absolute atomic E-state index is 0.0682. The number of hydrogen-bond acceptors (Lipinski definition) is 5. The molecular formula is C15H14N2O4. The number of rotatable bonds is 4. The summed E-state index contributed by atoms with van der Waals surface area (Å²) in [5.74, 6) is 1.44. The Hall–Kier alpha value is -2.60. The molecule has 0 saturated carbocycles. The molecule has 0 spiro atoms. The average Bonchev–Trinajstić information content (AvgIpc) is 2.86. The third-order valence-electron chi connectivity index (χ3n) is 3.36. The van der Waals surface area contributed by atoms with Crippen LogP contribution in [0, 0.1) is 10.1 Å². The molecule has 6 heteroatoms. The standard InChI is InChI=1S/C15H14N2O4/c16-14-9-21-15-7-12(5-6-13(14)15)20-8-10-1-3-11(4-2-10)17(18)19/h1-7,14H,8-9,16H2. The van der Waals surface area contributed by atoms with Crippen LogP contribution in [0.3, 0.4) is 0 Å². The Bertz CT molecular complexity index is 670. The lowest BCUT2D eigenvalue weighted by Crippen LogP contribution is -2.10. The minimum atomic E-state index is -0.425. The predicted octanol–water partition coefficient (Wildman–Crippen LogP) is 2.57. The quantitative estimate of drug-likeness (QED) is 0.689. The Morgan fingerprint density at radius 3 is 2.76 bits per heavy atom. The molecule has 0 amide bonds. The molecule has 0 bridgehead atoms. The van der Waals surface area contributed by atoms with Gasteiger partial charge in [-0.1, -0.05) is 0 Å². The SMILES string of the molecule is NC1COc2cc(OCc3ccc([N+](=O)[O-])cc3)ccc21. The number of nitro groups is 1. The molecule has 21 heavy (non-hydrogen) atoms. The molecule has 1 heterocycles. The van der Waals surface area contributed by atoms with Gasteiger partial charge in [-0.3, -0.25) is 10.1 Å². The molecule has 0 saturated heterocycles. The van der Waals surface area contributed by atoms with Crippen molar-refractivity contribution < 1.29 is 14.4 Å². The van der Waals surface area contributed by atoms with Crippen molar-refractivity contribution in [3.8, 4) is 11.5 Å². The number of hydrogen-bond donors (Lipinski definition) is 1. The smallest absolute Gasteiger partial charge is 0.269 e. The zero-order chi connectivity index (χ0) is 14.8. The first-order valence-corrected chi connectivity index (χ1v) is 6.52. The van der Waals surface area contributed by atoms with Crippen molar-refractivity contribution in [2.75, 3.05) is 6.61 Å². The fourth-order valence-electron chi connectivity index (χ4n) is 2.19. The maximum atomic E-state index is 10.6. The molecule has 1 aliphatic heterocycles. The van der Waals surface area contributed by atoms with Crippen molar-refractivity contribution in [2.24, 2.45) is 5.73 Å². The van der Waals surface area contributed by atoms with Crippen molar-refractivity contribution in [2.45, 2.75) is 12.6 Å². The Labute approximate surface area is 121 Å². The summed E-state index contributed by atoms with van der Waals surface area (Å²) in [4.78, 5) is 10.2. The van der Waals surface area contributed by atoms with Crippen molar-refractivity contribution in [1.82, 2.24) is 0 Å². The van der Waals surface area contributed by atoms with Gasteiger partial charge in [-0.2, -0.15) is 0 Å². The van der Waals surface area contributed by atoms with E-state index in [0.717, 1.165) is 16.9 Å². The van der Waals surface area contributed by atoms with E-state index in [0.29, 0.717) is 19.0 Å². The summed E-state index contributed by atoms with van der Waals surface area (Å²) < 4.78 is 11.1. The first kappa shape index (κ1) is 13.4. The summed E-state index contributed by atoms with van der Waals surface area (Å²) >= 11 is 0. The van der Waals surface area contributed by atoms with Gasteiger partial charge < -0.3 is 15.2 Å². The van der Waals surface area contributed by atoms with Crippen LogP contribution in [0.4, 0.5) is 5.69 Å². The fraction of sp³-hybridized carbons (Fsp3) is 0.200. The van der Waals surface area contributed by atoms with E-state index in [1.165, 1.54) is 12.1 Å². The van der Waals surface area contributed by atoms with E-state index >= 15 is 0 Å². The first-order valence-electron chi connectivity index (χ1n) is 6.52. The lowest BCUT2D eigenvalue weighted by atomic mass is 10.1. The molecule has 0 fully saturated rings. The van der Waals surface area contributed by atoms with Crippen LogP contribution >= 0.6 is 0 Å². The van der Waals surface area contributed by atoms with Gasteiger partial charge >= 0.3 is 0 Å². The van der Waals surface area contributed by atoms with Crippen LogP contribution in [0.1, 0.15) is 17.2 Å². The molecule has 2 N–H and O–H groups in total. The first-order chi connectivity index (χ1) is 10.1. The number of non-ortho nitro benzene ring substituents is 1. The van der Waals surface area contributed by atoms with Crippen LogP contribution in [0.25, 0.3) is 0 Å². The second-order valence-corrected chi connectivity index (χ2v) is 4.83. The van der Waals surface area contributed by atoms with E-state index in [9.17, 15) is 10.1 Å². The molecule has 1 aliphatic rings. The van der Waals surface area contributed by atoms with Gasteiger partial charge in [0.25, 0.3) is 5.69 Å². The van der Waals surface area contributed by atoms with E-state index in [1.807, 2.05) is 18.2 Å². The minimum Gasteiger partial charge on any atom is -0.491 e. The van der Waals surface area contributed by atoms with Gasteiger partial charge in [-0.05, 0) is 29.8 Å². The molecule has 1 atom stereocenters. The third kappa shape index (κ3) is 2.80. The highest BCUT2D eigenvalue weighted by atomic mass is 16.6. The highest BCUT2D eigenvalue weighted by molar-refractivity contribution is 5.45. The zero-order valence-electron chi connectivity index (χ0n) is 11.2. The largest absolute Gasteiger partial charge is 0.491 e. The van der Waals surface area contributed by atoms with Gasteiger partial charge in [-0.25, -0.2) is 0 Å². The number of nitro benzene ring substituents is 1. The number of fused-ring (bicyclic) bond motifs is 1. The molecule has 0 aromatic heterocycles. The van der Waals surface area contributed by atoms with Gasteiger partial charge in [0.2, 0.25) is 0 Å². The van der Waals surface area contributed by atoms with E-state index in [2.05, 4.69) is 0 Å². The molecular weight excluding hydrogens is 272 g/mol. The Morgan fingerprint density at radius 1 is 1.29 bits per heavy atom. The summed E-state index contributed by atoms with van der Waals surface area (Å²) in [5.41, 5.74) is 7.79. The maximum absolute atomic E-state index is 10.6. The molecule has 6 nitrogen and oxygen atoms in total. The van der Waals surface area contributed by atoms with Gasteiger partial charge in [-0.15, -0.1) is 0 Å². The van der Waals surface area contributed by atoms with Gasteiger partial charge in [0.1, 0.15) is 24.7 Å². The summed E-state index contributed by atoms with van der Waals surface area (Å²) in [5, 5.41) is 10.6. The third-order valence-corrected chi connectivity index (χ3v) is 3.36. The van der Waals surface area contributed by atoms with Crippen LogP contribution in [-0.4, -0.2) is 11.5 Å². The summed E-state index contributed by atoms with van der Waals surface area (Å²) in [6, 6.07) is 11.8. The van der Waals surface area contributed by atoms with E-state index in [-0.39, 0.29) is 11.7 Å². The second kappa shape index (κ2) is 5.41. The maximum Gasteiger partial charge on any atom is 0.269 e. The van der Waals surface area contributed by atoms with Crippen molar-refractivity contribution in [3.05, 3.63) is 63.7 Å². The Morgan fingerprint density at radius 2 is 2.05 bits per heavy atom. The highest BCUT2D eigenvalue weighted by Crippen LogP contribution is 2.34. The van der Waals surface area contributed by atoms with Crippen molar-refractivity contribution in [3.63, 3.8) is 0 Å². The zero-order valence-corrected chi connectivity index (χ0v) is 11.2. The van der Waals surface area contributed by atoms with Gasteiger partial charge in [0.15, 0.2) is 0 Å². The highest BCUT2D eigenvalue weighted by Gasteiger charge is 2.20. The molecule has 0 radical (unpaired) electrons. The number of nitrogens with two attached hydrogens (primary N) is 1. The molecule has 108 valence electrons. The van der Waals surface area contributed by atoms with E-state index < -0.39 is 4.92 Å².